The second kappa shape index (κ2) is 7.13. The van der Waals surface area contributed by atoms with Crippen molar-refractivity contribution < 1.29 is 14.3 Å². The highest BCUT2D eigenvalue weighted by molar-refractivity contribution is 5.94. The number of carbonyl (C=O) groups is 1. The predicted octanol–water partition coefficient (Wildman–Crippen LogP) is 2.65. The third-order valence-electron chi connectivity index (χ3n) is 4.96. The predicted molar refractivity (Wildman–Crippen MR) is 104 cm³/mol. The van der Waals surface area contributed by atoms with E-state index in [0.29, 0.717) is 24.4 Å². The van der Waals surface area contributed by atoms with Gasteiger partial charge in [0.2, 0.25) is 5.89 Å². The fourth-order valence-corrected chi connectivity index (χ4v) is 3.37. The minimum Gasteiger partial charge on any atom is -0.436 e. The monoisotopic (exact) mass is 365 g/mol. The average molecular weight is 365 g/mol. The Kier molecular flexibility index (Phi) is 4.68. The maximum absolute atomic E-state index is 12.4. The second-order valence-electron chi connectivity index (χ2n) is 7.25. The zero-order chi connectivity index (χ0) is 18.9. The standard InChI is InChI=1S/C21H23N3O3/c1-14-3-8-18-17(11-14)24-20(27-18)16-6-4-15(5-7-16)19(25)23-13-21(26)9-2-10-22-12-21/h3-8,11,22,26H,2,9-10,12-13H2,1H3,(H,23,25). The first-order chi connectivity index (χ1) is 13.0. The molecule has 3 N–H and O–H groups in total. The number of hydrogen-bond donors (Lipinski definition) is 3. The van der Waals surface area contributed by atoms with E-state index in [2.05, 4.69) is 15.6 Å². The van der Waals surface area contributed by atoms with Gasteiger partial charge in [0.05, 0.1) is 5.60 Å². The van der Waals surface area contributed by atoms with Gasteiger partial charge in [-0.2, -0.15) is 0 Å². The fraction of sp³-hybridized carbons (Fsp3) is 0.333. The molecule has 1 aromatic heterocycles. The van der Waals surface area contributed by atoms with Gasteiger partial charge in [0, 0.05) is 24.2 Å². The molecule has 2 aromatic carbocycles. The summed E-state index contributed by atoms with van der Waals surface area (Å²) in [5.74, 6) is 0.332. The minimum atomic E-state index is -0.871. The van der Waals surface area contributed by atoms with Gasteiger partial charge in [-0.15, -0.1) is 0 Å². The number of oxazole rings is 1. The van der Waals surface area contributed by atoms with Crippen LogP contribution in [0.5, 0.6) is 0 Å². The van der Waals surface area contributed by atoms with Crippen molar-refractivity contribution in [3.8, 4) is 11.5 Å². The molecule has 140 valence electrons. The Morgan fingerprint density at radius 2 is 2.11 bits per heavy atom. The van der Waals surface area contributed by atoms with E-state index in [4.69, 9.17) is 4.42 Å². The van der Waals surface area contributed by atoms with Gasteiger partial charge < -0.3 is 20.2 Å². The smallest absolute Gasteiger partial charge is 0.251 e. The first kappa shape index (κ1) is 17.7. The lowest BCUT2D eigenvalue weighted by Crippen LogP contribution is -2.52. The molecule has 0 radical (unpaired) electrons. The van der Waals surface area contributed by atoms with Gasteiger partial charge in [-0.05, 0) is 68.3 Å². The van der Waals surface area contributed by atoms with Crippen molar-refractivity contribution in [1.29, 1.82) is 0 Å². The highest BCUT2D eigenvalue weighted by atomic mass is 16.3. The van der Waals surface area contributed by atoms with Gasteiger partial charge in [0.25, 0.3) is 5.91 Å². The Labute approximate surface area is 157 Å². The van der Waals surface area contributed by atoms with E-state index >= 15 is 0 Å². The Hall–Kier alpha value is -2.70. The fourth-order valence-electron chi connectivity index (χ4n) is 3.37. The molecule has 4 rings (SSSR count). The number of benzene rings is 2. The number of hydrogen-bond acceptors (Lipinski definition) is 5. The van der Waals surface area contributed by atoms with Crippen LogP contribution >= 0.6 is 0 Å². The van der Waals surface area contributed by atoms with Gasteiger partial charge in [-0.3, -0.25) is 4.79 Å². The Morgan fingerprint density at radius 3 is 2.85 bits per heavy atom. The van der Waals surface area contributed by atoms with E-state index in [0.717, 1.165) is 35.2 Å². The minimum absolute atomic E-state index is 0.200. The summed E-state index contributed by atoms with van der Waals surface area (Å²) >= 11 is 0. The van der Waals surface area contributed by atoms with Crippen LogP contribution in [0.4, 0.5) is 0 Å². The van der Waals surface area contributed by atoms with Crippen LogP contribution in [0.1, 0.15) is 28.8 Å². The Morgan fingerprint density at radius 1 is 1.30 bits per heavy atom. The number of amides is 1. The van der Waals surface area contributed by atoms with E-state index in [-0.39, 0.29) is 12.5 Å². The molecule has 1 aliphatic heterocycles. The summed E-state index contributed by atoms with van der Waals surface area (Å²) in [4.78, 5) is 16.9. The van der Waals surface area contributed by atoms with Gasteiger partial charge in [-0.25, -0.2) is 4.98 Å². The molecule has 6 heteroatoms. The zero-order valence-electron chi connectivity index (χ0n) is 15.3. The highest BCUT2D eigenvalue weighted by Crippen LogP contribution is 2.25. The van der Waals surface area contributed by atoms with Crippen LogP contribution in [0.3, 0.4) is 0 Å². The average Bonchev–Trinajstić information content (AvgIpc) is 3.10. The van der Waals surface area contributed by atoms with Crippen LogP contribution in [0, 0.1) is 6.92 Å². The normalized spacial score (nSPS) is 19.9. The molecule has 3 aromatic rings. The molecular weight excluding hydrogens is 342 g/mol. The molecule has 0 aliphatic carbocycles. The summed E-state index contributed by atoms with van der Waals surface area (Å²) in [5.41, 5.74) is 3.18. The van der Waals surface area contributed by atoms with Gasteiger partial charge >= 0.3 is 0 Å². The molecule has 0 bridgehead atoms. The summed E-state index contributed by atoms with van der Waals surface area (Å²) in [6, 6.07) is 13.0. The van der Waals surface area contributed by atoms with E-state index in [9.17, 15) is 9.90 Å². The lowest BCUT2D eigenvalue weighted by Gasteiger charge is -2.32. The van der Waals surface area contributed by atoms with Crippen molar-refractivity contribution in [3.63, 3.8) is 0 Å². The van der Waals surface area contributed by atoms with Crippen LogP contribution in [0.2, 0.25) is 0 Å². The number of fused-ring (bicyclic) bond motifs is 1. The molecule has 2 heterocycles. The van der Waals surface area contributed by atoms with E-state index in [1.165, 1.54) is 0 Å². The van der Waals surface area contributed by atoms with Crippen molar-refractivity contribution >= 4 is 17.0 Å². The van der Waals surface area contributed by atoms with Crippen molar-refractivity contribution in [2.45, 2.75) is 25.4 Å². The number of nitrogens with zero attached hydrogens (tertiary/aromatic N) is 1. The van der Waals surface area contributed by atoms with Crippen molar-refractivity contribution in [1.82, 2.24) is 15.6 Å². The topological polar surface area (TPSA) is 87.4 Å². The molecule has 1 aliphatic rings. The first-order valence-corrected chi connectivity index (χ1v) is 9.21. The number of carbonyl (C=O) groups excluding carboxylic acids is 1. The van der Waals surface area contributed by atoms with Gasteiger partial charge in [0.15, 0.2) is 5.58 Å². The van der Waals surface area contributed by atoms with Crippen molar-refractivity contribution in [2.24, 2.45) is 0 Å². The number of β-amino-alcohol motifs (C(OH)–C–C–N with tert-alkyl or cyclic N) is 1. The number of aromatic nitrogens is 1. The third kappa shape index (κ3) is 3.86. The summed E-state index contributed by atoms with van der Waals surface area (Å²) in [6.45, 7) is 3.67. The van der Waals surface area contributed by atoms with E-state index < -0.39 is 5.60 Å². The SMILES string of the molecule is Cc1ccc2oc(-c3ccc(C(=O)NCC4(O)CCCNC4)cc3)nc2c1. The van der Waals surface area contributed by atoms with Crippen LogP contribution in [0.15, 0.2) is 46.9 Å². The number of rotatable bonds is 4. The Bertz CT molecular complexity index is 956. The van der Waals surface area contributed by atoms with Gasteiger partial charge in [0.1, 0.15) is 5.52 Å². The quantitative estimate of drug-likeness (QED) is 0.662. The maximum Gasteiger partial charge on any atom is 0.251 e. The van der Waals surface area contributed by atoms with Crippen LogP contribution in [-0.2, 0) is 0 Å². The number of aryl methyl sites for hydroxylation is 1. The lowest BCUT2D eigenvalue weighted by molar-refractivity contribution is 0.0170. The number of nitrogens with one attached hydrogen (secondary N) is 2. The van der Waals surface area contributed by atoms with Crippen LogP contribution in [-0.4, -0.2) is 41.2 Å². The third-order valence-corrected chi connectivity index (χ3v) is 4.96. The van der Waals surface area contributed by atoms with Crippen molar-refractivity contribution in [2.75, 3.05) is 19.6 Å². The number of piperidine rings is 1. The zero-order valence-corrected chi connectivity index (χ0v) is 15.3. The molecule has 27 heavy (non-hydrogen) atoms. The summed E-state index contributed by atoms with van der Waals surface area (Å²) in [5, 5.41) is 16.4. The molecule has 6 nitrogen and oxygen atoms in total. The molecular formula is C21H23N3O3. The van der Waals surface area contributed by atoms with Crippen molar-refractivity contribution in [3.05, 3.63) is 53.6 Å². The molecule has 1 amide bonds. The molecule has 1 unspecified atom stereocenters. The lowest BCUT2D eigenvalue weighted by atomic mass is 9.94. The number of aliphatic hydroxyl groups is 1. The summed E-state index contributed by atoms with van der Waals surface area (Å²) in [7, 11) is 0. The Balaban J connectivity index is 1.45. The summed E-state index contributed by atoms with van der Waals surface area (Å²) < 4.78 is 5.80. The van der Waals surface area contributed by atoms with Crippen LogP contribution in [0.25, 0.3) is 22.6 Å². The van der Waals surface area contributed by atoms with Crippen LogP contribution < -0.4 is 10.6 Å². The largest absolute Gasteiger partial charge is 0.436 e. The summed E-state index contributed by atoms with van der Waals surface area (Å²) in [6.07, 6.45) is 1.60. The highest BCUT2D eigenvalue weighted by Gasteiger charge is 2.29. The molecule has 0 saturated carbocycles. The molecule has 1 fully saturated rings. The maximum atomic E-state index is 12.4. The molecule has 1 saturated heterocycles. The second-order valence-corrected chi connectivity index (χ2v) is 7.25. The van der Waals surface area contributed by atoms with E-state index in [1.54, 1.807) is 12.1 Å². The van der Waals surface area contributed by atoms with E-state index in [1.807, 2.05) is 37.3 Å². The van der Waals surface area contributed by atoms with Gasteiger partial charge in [-0.1, -0.05) is 6.07 Å². The molecule has 1 atom stereocenters. The first-order valence-electron chi connectivity index (χ1n) is 9.21. The molecule has 0 spiro atoms.